The van der Waals surface area contributed by atoms with Gasteiger partial charge in [-0.1, -0.05) is 426 Å². The molecule has 614 valence electrons. The van der Waals surface area contributed by atoms with Crippen molar-refractivity contribution in [1.29, 1.82) is 0 Å². The molecule has 20 aromatic rings. The number of aryl methyl sites for hydroxylation is 4. The van der Waals surface area contributed by atoms with E-state index in [9.17, 15) is 4.79 Å². The molecule has 0 aliphatic heterocycles. The van der Waals surface area contributed by atoms with Gasteiger partial charge in [0.25, 0.3) is 0 Å². The SMILES string of the molecule is C#Cc1ccc2c(c1)c1cc(C#C)ccc1n2CC.CCc1ccc2c(c1)c1cc(CC)ccc1n2CC.O=C1C(c2ccccc2)=C(c2ccccc2)C(c2ccccc2)=C1c1ccccc1.c1ccc(-c2ccc(-c3ccccc3)c(-c3ccccc3)c2-c2ccccc2)cc1.c1ccc(-c2ccc(-c3ccccc3)c(-c3ccccc3)c2-c2ccccc2)cc1. The summed E-state index contributed by atoms with van der Waals surface area (Å²) in [6.45, 7) is 10.8. The fourth-order valence-electron chi connectivity index (χ4n) is 18.0. The Hall–Kier alpha value is -16.2. The van der Waals surface area contributed by atoms with Crippen molar-refractivity contribution in [3.05, 3.63) is 506 Å². The van der Waals surface area contributed by atoms with Crippen molar-refractivity contribution in [3.8, 4) is 114 Å². The number of carbonyl (C=O) groups is 1. The summed E-state index contributed by atoms with van der Waals surface area (Å²) in [5, 5.41) is 5.16. The minimum atomic E-state index is 0.0742. The zero-order chi connectivity index (χ0) is 87.5. The smallest absolute Gasteiger partial charge is 0.195 e. The average molecular weight is 1640 g/mol. The molecule has 1 aliphatic carbocycles. The predicted molar refractivity (Wildman–Crippen MR) is 546 cm³/mol. The Kier molecular flexibility index (Phi) is 26.3. The van der Waals surface area contributed by atoms with Crippen LogP contribution in [0, 0.1) is 24.7 Å². The van der Waals surface area contributed by atoms with E-state index in [1.165, 1.54) is 144 Å². The molecule has 2 aromatic heterocycles. The van der Waals surface area contributed by atoms with Crippen LogP contribution in [0.1, 0.15) is 72.2 Å². The number of nitrogens with zero attached hydrogens (tertiary/aromatic N) is 2. The fourth-order valence-corrected chi connectivity index (χ4v) is 18.0. The summed E-state index contributed by atoms with van der Waals surface area (Å²) < 4.78 is 4.70. The Bertz CT molecular complexity index is 6750. The van der Waals surface area contributed by atoms with Crippen LogP contribution in [0.15, 0.2) is 461 Å². The molecule has 0 atom stereocenters. The highest BCUT2D eigenvalue weighted by atomic mass is 16.1. The lowest BCUT2D eigenvalue weighted by atomic mass is 9.83. The Balaban J connectivity index is 0.000000114. The van der Waals surface area contributed by atoms with Crippen molar-refractivity contribution in [2.45, 2.75) is 53.6 Å². The summed E-state index contributed by atoms with van der Waals surface area (Å²) in [5.41, 5.74) is 37.2. The molecule has 2 heterocycles. The molecule has 0 N–H and O–H groups in total. The lowest BCUT2D eigenvalue weighted by Gasteiger charge is -2.20. The third-order valence-corrected chi connectivity index (χ3v) is 24.1. The highest BCUT2D eigenvalue weighted by Gasteiger charge is 2.35. The number of allylic oxidation sites excluding steroid dienone is 4. The molecular weight excluding hydrogens is 1550 g/mol. The minimum absolute atomic E-state index is 0.0742. The quantitative estimate of drug-likeness (QED) is 0.0886. The van der Waals surface area contributed by atoms with E-state index in [4.69, 9.17) is 12.8 Å². The molecule has 3 nitrogen and oxygen atoms in total. The van der Waals surface area contributed by atoms with Crippen molar-refractivity contribution in [3.63, 3.8) is 0 Å². The van der Waals surface area contributed by atoms with Crippen LogP contribution in [0.5, 0.6) is 0 Å². The van der Waals surface area contributed by atoms with Crippen LogP contribution in [0.25, 0.3) is 155 Å². The van der Waals surface area contributed by atoms with Gasteiger partial charge in [0.2, 0.25) is 0 Å². The number of carbonyl (C=O) groups excluding carboxylic acids is 1. The van der Waals surface area contributed by atoms with E-state index in [1.807, 2.05) is 109 Å². The Morgan fingerprint density at radius 1 is 0.211 bits per heavy atom. The molecular formula is C125H98N2O. The van der Waals surface area contributed by atoms with E-state index in [2.05, 4.69) is 401 Å². The second-order valence-corrected chi connectivity index (χ2v) is 31.7. The summed E-state index contributed by atoms with van der Waals surface area (Å²) in [4.78, 5) is 14.0. The second kappa shape index (κ2) is 40.0. The molecule has 0 amide bonds. The molecule has 0 unspecified atom stereocenters. The fraction of sp³-hybridized carbons (Fsp3) is 0.0640. The van der Waals surface area contributed by atoms with Gasteiger partial charge in [0, 0.05) is 90.1 Å². The number of terminal acetylenes is 2. The van der Waals surface area contributed by atoms with Crippen LogP contribution in [0.4, 0.5) is 0 Å². The Morgan fingerprint density at radius 2 is 0.406 bits per heavy atom. The van der Waals surface area contributed by atoms with E-state index < -0.39 is 0 Å². The number of fused-ring (bicyclic) bond motifs is 6. The molecule has 1 aliphatic rings. The monoisotopic (exact) mass is 1640 g/mol. The Labute approximate surface area is 753 Å². The third-order valence-electron chi connectivity index (χ3n) is 24.1. The van der Waals surface area contributed by atoms with Gasteiger partial charge in [0.05, 0.1) is 0 Å². The van der Waals surface area contributed by atoms with Crippen molar-refractivity contribution in [2.24, 2.45) is 0 Å². The summed E-state index contributed by atoms with van der Waals surface area (Å²) in [6, 6.07) is 161. The lowest BCUT2D eigenvalue weighted by Crippen LogP contribution is -2.01. The van der Waals surface area contributed by atoms with Crippen molar-refractivity contribution >= 4 is 71.7 Å². The normalized spacial score (nSPS) is 11.5. The topological polar surface area (TPSA) is 26.9 Å². The van der Waals surface area contributed by atoms with Gasteiger partial charge in [-0.15, -0.1) is 12.8 Å². The summed E-state index contributed by atoms with van der Waals surface area (Å²) in [6.07, 6.45) is 13.2. The zero-order valence-electron chi connectivity index (χ0n) is 72.7. The maximum atomic E-state index is 14.0. The molecule has 0 saturated heterocycles. The third kappa shape index (κ3) is 17.9. The van der Waals surface area contributed by atoms with Crippen molar-refractivity contribution in [1.82, 2.24) is 9.13 Å². The van der Waals surface area contributed by atoms with Crippen molar-refractivity contribution in [2.75, 3.05) is 0 Å². The maximum absolute atomic E-state index is 14.0. The van der Waals surface area contributed by atoms with Gasteiger partial charge in [-0.2, -0.15) is 0 Å². The van der Waals surface area contributed by atoms with Gasteiger partial charge >= 0.3 is 0 Å². The largest absolute Gasteiger partial charge is 0.341 e. The van der Waals surface area contributed by atoms with E-state index in [0.717, 1.165) is 81.6 Å². The zero-order valence-corrected chi connectivity index (χ0v) is 72.7. The molecule has 21 rings (SSSR count). The van der Waals surface area contributed by atoms with E-state index in [1.54, 1.807) is 0 Å². The standard InChI is InChI=1S/2C30H22.C29H20O.C18H21N.C18H13N/c2*1-5-13-23(14-6-1)27-21-22-28(24-15-7-2-8-16-24)30(26-19-11-4-12-20-26)29(27)25-17-9-3-10-18-25;30-29-27(23-17-9-3-10-18-23)25(21-13-5-1-6-14-21)26(22-15-7-2-8-16-22)28(29)24-19-11-4-12-20-24;2*1-4-13-7-9-17-15(11-13)16-12-14(5-2)8-10-18(16)19(17)6-3/h2*1-22H;1-20H;7-12H,4-6H2,1-3H3;1-2,7-12H,6H2,3H3. The number of hydrogen-bond donors (Lipinski definition) is 0. The predicted octanol–water partition coefficient (Wildman–Crippen LogP) is 32.2. The lowest BCUT2D eigenvalue weighted by molar-refractivity contribution is -0.108. The molecule has 128 heavy (non-hydrogen) atoms. The van der Waals surface area contributed by atoms with E-state index >= 15 is 0 Å². The highest BCUT2D eigenvalue weighted by Crippen LogP contribution is 2.51. The van der Waals surface area contributed by atoms with Gasteiger partial charge < -0.3 is 9.13 Å². The number of Topliss-reactive ketones (excluding diaryl/α,β-unsaturated/α-hetero) is 1. The minimum Gasteiger partial charge on any atom is -0.341 e. The average Bonchev–Trinajstić information content (AvgIpc) is 1.27. The number of benzene rings is 18. The Morgan fingerprint density at radius 3 is 0.617 bits per heavy atom. The van der Waals surface area contributed by atoms with Gasteiger partial charge in [0.1, 0.15) is 0 Å². The first-order valence-electron chi connectivity index (χ1n) is 44.3. The van der Waals surface area contributed by atoms with Gasteiger partial charge in [-0.05, 0) is 210 Å². The van der Waals surface area contributed by atoms with Crippen LogP contribution in [0.2, 0.25) is 0 Å². The van der Waals surface area contributed by atoms with Gasteiger partial charge in [0.15, 0.2) is 5.78 Å². The molecule has 18 aromatic carbocycles. The van der Waals surface area contributed by atoms with Crippen LogP contribution in [-0.4, -0.2) is 14.9 Å². The molecule has 0 radical (unpaired) electrons. The maximum Gasteiger partial charge on any atom is 0.195 e. The first-order chi connectivity index (χ1) is 63.2. The van der Waals surface area contributed by atoms with E-state index in [-0.39, 0.29) is 5.78 Å². The van der Waals surface area contributed by atoms with Crippen LogP contribution in [-0.2, 0) is 30.7 Å². The van der Waals surface area contributed by atoms with Crippen LogP contribution in [0.3, 0.4) is 0 Å². The van der Waals surface area contributed by atoms with Gasteiger partial charge in [-0.3, -0.25) is 4.79 Å². The molecule has 0 saturated carbocycles. The summed E-state index contributed by atoms with van der Waals surface area (Å²) in [5.74, 6) is 5.45. The number of rotatable bonds is 16. The number of aromatic nitrogens is 2. The van der Waals surface area contributed by atoms with Gasteiger partial charge in [-0.25, -0.2) is 0 Å². The highest BCUT2D eigenvalue weighted by molar-refractivity contribution is 6.59. The van der Waals surface area contributed by atoms with Crippen LogP contribution >= 0.6 is 0 Å². The second-order valence-electron chi connectivity index (χ2n) is 31.7. The molecule has 0 fully saturated rings. The summed E-state index contributed by atoms with van der Waals surface area (Å²) in [7, 11) is 0. The number of hydrogen-bond acceptors (Lipinski definition) is 1. The van der Waals surface area contributed by atoms with E-state index in [0.29, 0.717) is 0 Å². The molecule has 0 spiro atoms. The molecule has 0 bridgehead atoms. The van der Waals surface area contributed by atoms with Crippen LogP contribution < -0.4 is 0 Å². The first kappa shape index (κ1) is 84.1. The van der Waals surface area contributed by atoms with Crippen molar-refractivity contribution < 1.29 is 4.79 Å². The summed E-state index contributed by atoms with van der Waals surface area (Å²) >= 11 is 0. The molecule has 3 heteroatoms. The first-order valence-corrected chi connectivity index (χ1v) is 44.3. The number of ketones is 1.